The molecule has 0 radical (unpaired) electrons. The predicted octanol–water partition coefficient (Wildman–Crippen LogP) is 1.59. The van der Waals surface area contributed by atoms with E-state index in [1.807, 2.05) is 14.0 Å². The van der Waals surface area contributed by atoms with E-state index in [1.54, 1.807) is 4.90 Å². The van der Waals surface area contributed by atoms with Gasteiger partial charge in [0, 0.05) is 19.1 Å². The second-order valence-corrected chi connectivity index (χ2v) is 6.63. The van der Waals surface area contributed by atoms with Crippen molar-refractivity contribution in [3.63, 3.8) is 0 Å². The summed E-state index contributed by atoms with van der Waals surface area (Å²) in [5.41, 5.74) is 6.53. The number of nitrogens with zero attached hydrogens (tertiary/aromatic N) is 3. The zero-order valence-electron chi connectivity index (χ0n) is 12.1. The molecule has 1 saturated carbocycles. The van der Waals surface area contributed by atoms with Crippen LogP contribution in [0.1, 0.15) is 34.6 Å². The number of amides is 1. The zero-order valence-corrected chi connectivity index (χ0v) is 12.9. The first-order valence-corrected chi connectivity index (χ1v) is 7.33. The first-order chi connectivity index (χ1) is 8.85. The first kappa shape index (κ1) is 14.3. The van der Waals surface area contributed by atoms with Gasteiger partial charge < -0.3 is 15.5 Å². The highest BCUT2D eigenvalue weighted by Crippen LogP contribution is 2.37. The molecule has 1 aliphatic rings. The molecule has 6 heteroatoms. The van der Waals surface area contributed by atoms with Crippen molar-refractivity contribution in [2.45, 2.75) is 31.7 Å². The number of carbonyl (C=O) groups is 1. The second-order valence-electron chi connectivity index (χ2n) is 5.60. The lowest BCUT2D eigenvalue weighted by atomic mass is 9.75. The molecule has 2 N–H and O–H groups in total. The van der Waals surface area contributed by atoms with Gasteiger partial charge in [-0.25, -0.2) is 4.98 Å². The molecule has 1 aromatic heterocycles. The van der Waals surface area contributed by atoms with Crippen molar-refractivity contribution in [2.75, 3.05) is 33.4 Å². The van der Waals surface area contributed by atoms with Crippen LogP contribution in [0.4, 0.5) is 5.13 Å². The van der Waals surface area contributed by atoms with Gasteiger partial charge in [0.1, 0.15) is 4.88 Å². The summed E-state index contributed by atoms with van der Waals surface area (Å²) in [6.07, 6.45) is 3.55. The van der Waals surface area contributed by atoms with Crippen molar-refractivity contribution >= 4 is 22.4 Å². The minimum atomic E-state index is 0.0276. The quantitative estimate of drug-likeness (QED) is 0.911. The predicted molar refractivity (Wildman–Crippen MR) is 78.5 cm³/mol. The second kappa shape index (κ2) is 5.09. The fourth-order valence-corrected chi connectivity index (χ4v) is 3.46. The summed E-state index contributed by atoms with van der Waals surface area (Å²) >= 11 is 1.27. The van der Waals surface area contributed by atoms with Crippen molar-refractivity contribution in [1.82, 2.24) is 14.8 Å². The molecule has 0 bridgehead atoms. The average molecular weight is 282 g/mol. The van der Waals surface area contributed by atoms with Crippen LogP contribution in [0.2, 0.25) is 0 Å². The summed E-state index contributed by atoms with van der Waals surface area (Å²) in [4.78, 5) is 21.3. The fourth-order valence-electron chi connectivity index (χ4n) is 2.63. The molecule has 0 aliphatic heterocycles. The minimum absolute atomic E-state index is 0.0276. The van der Waals surface area contributed by atoms with Gasteiger partial charge in [-0.3, -0.25) is 4.79 Å². The van der Waals surface area contributed by atoms with Gasteiger partial charge >= 0.3 is 0 Å². The molecule has 1 aromatic rings. The topological polar surface area (TPSA) is 62.5 Å². The average Bonchev–Trinajstić information content (AvgIpc) is 2.61. The summed E-state index contributed by atoms with van der Waals surface area (Å²) in [5, 5.41) is 0.459. The number of thiazole rings is 1. The maximum absolute atomic E-state index is 12.4. The Bertz CT molecular complexity index is 479. The third-order valence-corrected chi connectivity index (χ3v) is 5.09. The molecule has 1 aliphatic carbocycles. The first-order valence-electron chi connectivity index (χ1n) is 6.51. The monoisotopic (exact) mass is 282 g/mol. The number of anilines is 1. The molecule has 106 valence electrons. The lowest BCUT2D eigenvalue weighted by Crippen LogP contribution is -2.57. The summed E-state index contributed by atoms with van der Waals surface area (Å²) in [5.74, 6) is 0.0276. The number of carbonyl (C=O) groups excluding carboxylic acids is 1. The summed E-state index contributed by atoms with van der Waals surface area (Å²) < 4.78 is 0. The number of aryl methyl sites for hydroxylation is 1. The molecule has 5 nitrogen and oxygen atoms in total. The number of nitrogen functional groups attached to an aromatic ring is 1. The van der Waals surface area contributed by atoms with Crippen molar-refractivity contribution in [2.24, 2.45) is 0 Å². The van der Waals surface area contributed by atoms with E-state index in [-0.39, 0.29) is 11.4 Å². The van der Waals surface area contributed by atoms with Crippen LogP contribution in [-0.4, -0.2) is 53.9 Å². The van der Waals surface area contributed by atoms with Crippen LogP contribution in [0.5, 0.6) is 0 Å². The van der Waals surface area contributed by atoms with Gasteiger partial charge in [0.05, 0.1) is 5.69 Å². The molecule has 0 spiro atoms. The van der Waals surface area contributed by atoms with Crippen molar-refractivity contribution in [1.29, 1.82) is 0 Å². The molecule has 0 aromatic carbocycles. The van der Waals surface area contributed by atoms with Crippen LogP contribution in [0.15, 0.2) is 0 Å². The van der Waals surface area contributed by atoms with Gasteiger partial charge in [0.15, 0.2) is 5.13 Å². The Morgan fingerprint density at radius 3 is 2.42 bits per heavy atom. The van der Waals surface area contributed by atoms with E-state index < -0.39 is 0 Å². The van der Waals surface area contributed by atoms with Gasteiger partial charge in [-0.2, -0.15) is 0 Å². The van der Waals surface area contributed by atoms with E-state index in [4.69, 9.17) is 5.73 Å². The highest BCUT2D eigenvalue weighted by molar-refractivity contribution is 7.17. The van der Waals surface area contributed by atoms with Gasteiger partial charge in [-0.1, -0.05) is 11.3 Å². The fraction of sp³-hybridized carbons (Fsp3) is 0.692. The van der Waals surface area contributed by atoms with Gasteiger partial charge in [-0.05, 0) is 40.3 Å². The number of nitrogens with two attached hydrogens (primary N) is 1. The third kappa shape index (κ3) is 2.60. The molecule has 0 saturated heterocycles. The van der Waals surface area contributed by atoms with Crippen LogP contribution in [-0.2, 0) is 0 Å². The van der Waals surface area contributed by atoms with Crippen LogP contribution in [0, 0.1) is 6.92 Å². The van der Waals surface area contributed by atoms with Gasteiger partial charge in [0.2, 0.25) is 0 Å². The SMILES string of the molecule is Cc1nc(N)sc1C(=O)N(C)CC1(N(C)C)CCC1. The summed E-state index contributed by atoms with van der Waals surface area (Å²) in [6.45, 7) is 2.59. The maximum Gasteiger partial charge on any atom is 0.265 e. The number of aromatic nitrogens is 1. The van der Waals surface area contributed by atoms with E-state index in [1.165, 1.54) is 17.8 Å². The normalized spacial score (nSPS) is 17.3. The summed E-state index contributed by atoms with van der Waals surface area (Å²) in [7, 11) is 6.04. The summed E-state index contributed by atoms with van der Waals surface area (Å²) in [6, 6.07) is 0. The molecule has 1 fully saturated rings. The van der Waals surface area contributed by atoms with Crippen molar-refractivity contribution in [3.8, 4) is 0 Å². The van der Waals surface area contributed by atoms with E-state index in [0.717, 1.165) is 25.1 Å². The standard InChI is InChI=1S/C13H22N4OS/c1-9-10(19-12(14)15-9)11(18)17(4)8-13(16(2)3)6-5-7-13/h5-8H2,1-4H3,(H2,14,15). The lowest BCUT2D eigenvalue weighted by molar-refractivity contribution is 0.0254. The van der Waals surface area contributed by atoms with E-state index in [9.17, 15) is 4.79 Å². The number of hydrogen-bond acceptors (Lipinski definition) is 5. The van der Waals surface area contributed by atoms with Crippen LogP contribution >= 0.6 is 11.3 Å². The third-order valence-electron chi connectivity index (χ3n) is 4.12. The molecule has 0 unspecified atom stereocenters. The Hall–Kier alpha value is -1.14. The molecular weight excluding hydrogens is 260 g/mol. The lowest BCUT2D eigenvalue weighted by Gasteiger charge is -2.49. The van der Waals surface area contributed by atoms with E-state index >= 15 is 0 Å². The van der Waals surface area contributed by atoms with Crippen LogP contribution in [0.25, 0.3) is 0 Å². The van der Waals surface area contributed by atoms with E-state index in [0.29, 0.717) is 10.0 Å². The van der Waals surface area contributed by atoms with Crippen molar-refractivity contribution < 1.29 is 4.79 Å². The van der Waals surface area contributed by atoms with Crippen molar-refractivity contribution in [3.05, 3.63) is 10.6 Å². The highest BCUT2D eigenvalue weighted by atomic mass is 32.1. The smallest absolute Gasteiger partial charge is 0.265 e. The Kier molecular flexibility index (Phi) is 3.82. The zero-order chi connectivity index (χ0) is 14.2. The molecule has 19 heavy (non-hydrogen) atoms. The number of rotatable bonds is 4. The molecule has 1 heterocycles. The maximum atomic E-state index is 12.4. The Morgan fingerprint density at radius 1 is 1.42 bits per heavy atom. The highest BCUT2D eigenvalue weighted by Gasteiger charge is 2.41. The van der Waals surface area contributed by atoms with Gasteiger partial charge in [0.25, 0.3) is 5.91 Å². The Morgan fingerprint density at radius 2 is 2.05 bits per heavy atom. The van der Waals surface area contributed by atoms with Gasteiger partial charge in [-0.15, -0.1) is 0 Å². The molecule has 0 atom stereocenters. The Balaban J connectivity index is 2.10. The minimum Gasteiger partial charge on any atom is -0.375 e. The molecule has 2 rings (SSSR count). The molecular formula is C13H22N4OS. The van der Waals surface area contributed by atoms with Crippen LogP contribution in [0.3, 0.4) is 0 Å². The number of hydrogen-bond donors (Lipinski definition) is 1. The number of likely N-dealkylation sites (N-methyl/N-ethyl adjacent to an activating group) is 2. The molecule has 1 amide bonds. The van der Waals surface area contributed by atoms with E-state index in [2.05, 4.69) is 24.0 Å². The largest absolute Gasteiger partial charge is 0.375 e. The Labute approximate surface area is 118 Å². The van der Waals surface area contributed by atoms with Crippen LogP contribution < -0.4 is 5.73 Å².